The van der Waals surface area contributed by atoms with Crippen molar-refractivity contribution in [1.29, 1.82) is 0 Å². The van der Waals surface area contributed by atoms with Crippen LogP contribution in [0.2, 0.25) is 0 Å². The Balaban J connectivity index is 1.86. The average molecular weight is 386 g/mol. The zero-order chi connectivity index (χ0) is 19.6. The van der Waals surface area contributed by atoms with E-state index in [4.69, 9.17) is 0 Å². The first-order valence-electron chi connectivity index (χ1n) is 8.85. The van der Waals surface area contributed by atoms with E-state index in [-0.39, 0.29) is 23.3 Å². The molecule has 6 nitrogen and oxygen atoms in total. The zero-order valence-electron chi connectivity index (χ0n) is 15.3. The number of hydrogen-bond acceptors (Lipinski definition) is 4. The first-order valence-corrected chi connectivity index (χ1v) is 9.73. The first-order chi connectivity index (χ1) is 12.9. The smallest absolute Gasteiger partial charge is 0.338 e. The molecule has 1 saturated heterocycles. The highest BCUT2D eigenvalue weighted by Crippen LogP contribution is 2.38. The van der Waals surface area contributed by atoms with E-state index < -0.39 is 5.97 Å². The van der Waals surface area contributed by atoms with Gasteiger partial charge in [0.15, 0.2) is 0 Å². The third kappa shape index (κ3) is 4.19. The Morgan fingerprint density at radius 1 is 1.30 bits per heavy atom. The van der Waals surface area contributed by atoms with Crippen LogP contribution in [0.15, 0.2) is 29.6 Å². The standard InChI is InChI=1S/C20H22N2O4S/c1-12-5-3-6-14(9-12)19(24)21-16-11-27-18(17(16)20(25)26)15-7-4-8-22(10-15)13(2)23/h3,5-6,9,11,15H,4,7-8,10H2,1-2H3,(H,21,24)(H,25,26). The van der Waals surface area contributed by atoms with E-state index in [1.165, 1.54) is 18.3 Å². The highest BCUT2D eigenvalue weighted by molar-refractivity contribution is 7.11. The second-order valence-electron chi connectivity index (χ2n) is 6.82. The molecule has 2 heterocycles. The number of thiophene rings is 1. The number of aryl methyl sites for hydroxylation is 1. The molecule has 0 saturated carbocycles. The van der Waals surface area contributed by atoms with Crippen LogP contribution in [0.3, 0.4) is 0 Å². The van der Waals surface area contributed by atoms with Gasteiger partial charge in [-0.25, -0.2) is 4.79 Å². The summed E-state index contributed by atoms with van der Waals surface area (Å²) in [6, 6.07) is 7.14. The lowest BCUT2D eigenvalue weighted by atomic mass is 9.93. The quantitative estimate of drug-likeness (QED) is 0.838. The van der Waals surface area contributed by atoms with Gasteiger partial charge in [0.1, 0.15) is 0 Å². The number of nitrogens with one attached hydrogen (secondary N) is 1. The van der Waals surface area contributed by atoms with Crippen LogP contribution in [0.1, 0.15) is 56.8 Å². The molecule has 3 rings (SSSR count). The van der Waals surface area contributed by atoms with Crippen LogP contribution in [0, 0.1) is 6.92 Å². The van der Waals surface area contributed by atoms with Crippen LogP contribution < -0.4 is 5.32 Å². The van der Waals surface area contributed by atoms with E-state index >= 15 is 0 Å². The molecule has 0 bridgehead atoms. The zero-order valence-corrected chi connectivity index (χ0v) is 16.1. The number of carboxylic acid groups (broad SMARTS) is 1. The SMILES string of the molecule is CC(=O)N1CCCC(c2scc(NC(=O)c3cccc(C)c3)c2C(=O)O)C1. The molecule has 0 aliphatic carbocycles. The third-order valence-electron chi connectivity index (χ3n) is 4.80. The van der Waals surface area contributed by atoms with Crippen LogP contribution in [-0.2, 0) is 4.79 Å². The Hall–Kier alpha value is -2.67. The number of amides is 2. The molecule has 1 aliphatic rings. The molecule has 1 aliphatic heterocycles. The number of benzene rings is 1. The van der Waals surface area contributed by atoms with E-state index in [9.17, 15) is 19.5 Å². The van der Waals surface area contributed by atoms with Crippen molar-refractivity contribution < 1.29 is 19.5 Å². The highest BCUT2D eigenvalue weighted by atomic mass is 32.1. The van der Waals surface area contributed by atoms with Crippen molar-refractivity contribution in [1.82, 2.24) is 4.90 Å². The van der Waals surface area contributed by atoms with Crippen molar-refractivity contribution in [3.8, 4) is 0 Å². The average Bonchev–Trinajstić information content (AvgIpc) is 3.05. The normalized spacial score (nSPS) is 16.8. The van der Waals surface area contributed by atoms with E-state index in [0.29, 0.717) is 29.2 Å². The molecule has 0 spiro atoms. The molecular formula is C20H22N2O4S. The number of nitrogens with zero attached hydrogens (tertiary/aromatic N) is 1. The molecule has 1 unspecified atom stereocenters. The minimum absolute atomic E-state index is 0.00102. The molecule has 1 fully saturated rings. The molecule has 1 atom stereocenters. The maximum absolute atomic E-state index is 12.5. The molecule has 2 aromatic rings. The second-order valence-corrected chi connectivity index (χ2v) is 7.73. The monoisotopic (exact) mass is 386 g/mol. The van der Waals surface area contributed by atoms with Gasteiger partial charge < -0.3 is 15.3 Å². The molecule has 27 heavy (non-hydrogen) atoms. The van der Waals surface area contributed by atoms with Gasteiger partial charge in [-0.2, -0.15) is 0 Å². The lowest BCUT2D eigenvalue weighted by Gasteiger charge is -2.31. The Morgan fingerprint density at radius 3 is 2.74 bits per heavy atom. The van der Waals surface area contributed by atoms with Crippen molar-refractivity contribution in [2.75, 3.05) is 18.4 Å². The topological polar surface area (TPSA) is 86.7 Å². The molecule has 1 aromatic heterocycles. The first kappa shape index (κ1) is 19.1. The van der Waals surface area contributed by atoms with Gasteiger partial charge >= 0.3 is 5.97 Å². The van der Waals surface area contributed by atoms with Gasteiger partial charge in [0.25, 0.3) is 5.91 Å². The number of carbonyl (C=O) groups excluding carboxylic acids is 2. The van der Waals surface area contributed by atoms with Gasteiger partial charge in [0.2, 0.25) is 5.91 Å². The van der Waals surface area contributed by atoms with E-state index in [1.54, 1.807) is 28.5 Å². The number of likely N-dealkylation sites (tertiary alicyclic amines) is 1. The molecule has 2 N–H and O–H groups in total. The summed E-state index contributed by atoms with van der Waals surface area (Å²) in [6.07, 6.45) is 1.67. The van der Waals surface area contributed by atoms with Gasteiger partial charge in [-0.3, -0.25) is 9.59 Å². The van der Waals surface area contributed by atoms with Crippen molar-refractivity contribution in [2.24, 2.45) is 0 Å². The molecule has 7 heteroatoms. The van der Waals surface area contributed by atoms with Crippen LogP contribution in [0.25, 0.3) is 0 Å². The summed E-state index contributed by atoms with van der Waals surface area (Å²) in [5.74, 6) is -1.42. The maximum Gasteiger partial charge on any atom is 0.338 e. The summed E-state index contributed by atoms with van der Waals surface area (Å²) >= 11 is 1.33. The van der Waals surface area contributed by atoms with Crippen LogP contribution in [0.5, 0.6) is 0 Å². The number of piperidine rings is 1. The number of carbonyl (C=O) groups is 3. The van der Waals surface area contributed by atoms with Crippen LogP contribution in [-0.4, -0.2) is 40.9 Å². The summed E-state index contributed by atoms with van der Waals surface area (Å²) < 4.78 is 0. The summed E-state index contributed by atoms with van der Waals surface area (Å²) in [5.41, 5.74) is 1.89. The number of anilines is 1. The Morgan fingerprint density at radius 2 is 2.07 bits per heavy atom. The fourth-order valence-corrected chi connectivity index (χ4v) is 4.57. The lowest BCUT2D eigenvalue weighted by Crippen LogP contribution is -2.37. The van der Waals surface area contributed by atoms with Crippen molar-refractivity contribution in [3.63, 3.8) is 0 Å². The second kappa shape index (κ2) is 7.92. The fourth-order valence-electron chi connectivity index (χ4n) is 3.44. The van der Waals surface area contributed by atoms with E-state index in [2.05, 4.69) is 5.32 Å². The summed E-state index contributed by atoms with van der Waals surface area (Å²) in [6.45, 7) is 4.65. The predicted molar refractivity (Wildman–Crippen MR) is 105 cm³/mol. The Labute approximate surface area is 161 Å². The Bertz CT molecular complexity index is 890. The predicted octanol–water partition coefficient (Wildman–Crippen LogP) is 3.73. The van der Waals surface area contributed by atoms with Crippen molar-refractivity contribution in [2.45, 2.75) is 32.6 Å². The molecule has 1 aromatic carbocycles. The number of carboxylic acids is 1. The fraction of sp³-hybridized carbons (Fsp3) is 0.350. The number of rotatable bonds is 4. The van der Waals surface area contributed by atoms with Crippen molar-refractivity contribution in [3.05, 3.63) is 51.2 Å². The molecule has 0 radical (unpaired) electrons. The number of aromatic carboxylic acids is 1. The van der Waals surface area contributed by atoms with Crippen LogP contribution in [0.4, 0.5) is 5.69 Å². The van der Waals surface area contributed by atoms with E-state index in [1.807, 2.05) is 13.0 Å². The summed E-state index contributed by atoms with van der Waals surface area (Å²) in [4.78, 5) is 38.6. The Kier molecular flexibility index (Phi) is 5.60. The molecule has 2 amide bonds. The highest BCUT2D eigenvalue weighted by Gasteiger charge is 2.30. The van der Waals surface area contributed by atoms with Gasteiger partial charge in [-0.1, -0.05) is 17.7 Å². The van der Waals surface area contributed by atoms with Gasteiger partial charge in [-0.15, -0.1) is 11.3 Å². The molecular weight excluding hydrogens is 364 g/mol. The van der Waals surface area contributed by atoms with Gasteiger partial charge in [0.05, 0.1) is 11.3 Å². The van der Waals surface area contributed by atoms with Crippen LogP contribution >= 0.6 is 11.3 Å². The summed E-state index contributed by atoms with van der Waals surface area (Å²) in [7, 11) is 0. The molecule has 142 valence electrons. The minimum atomic E-state index is -1.06. The van der Waals surface area contributed by atoms with Gasteiger partial charge in [-0.05, 0) is 31.9 Å². The third-order valence-corrected chi connectivity index (χ3v) is 5.94. The largest absolute Gasteiger partial charge is 0.478 e. The van der Waals surface area contributed by atoms with Crippen molar-refractivity contribution >= 4 is 34.8 Å². The summed E-state index contributed by atoms with van der Waals surface area (Å²) in [5, 5.41) is 14.2. The van der Waals surface area contributed by atoms with E-state index in [0.717, 1.165) is 18.4 Å². The minimum Gasteiger partial charge on any atom is -0.478 e. The maximum atomic E-state index is 12.5. The lowest BCUT2D eigenvalue weighted by molar-refractivity contribution is -0.130. The van der Waals surface area contributed by atoms with Gasteiger partial charge in [0, 0.05) is 41.8 Å². The number of hydrogen-bond donors (Lipinski definition) is 2.